The fourth-order valence-corrected chi connectivity index (χ4v) is 2.11. The Morgan fingerprint density at radius 1 is 1.56 bits per heavy atom. The largest absolute Gasteiger partial charge is 0.481 e. The van der Waals surface area contributed by atoms with E-state index < -0.39 is 5.97 Å². The molecule has 0 bridgehead atoms. The van der Waals surface area contributed by atoms with Gasteiger partial charge in [-0.2, -0.15) is 0 Å². The number of carboxylic acids is 1. The topological polar surface area (TPSA) is 68.0 Å². The summed E-state index contributed by atoms with van der Waals surface area (Å²) >= 11 is 1.04. The Bertz CT molecular complexity index is 585. The number of thioether (sulfide) groups is 1. The predicted octanol–water partition coefficient (Wildman–Crippen LogP) is 1.89. The van der Waals surface area contributed by atoms with Crippen molar-refractivity contribution >= 4 is 17.7 Å². The number of benzene rings is 1. The lowest BCUT2D eigenvalue weighted by atomic mass is 10.2. The summed E-state index contributed by atoms with van der Waals surface area (Å²) in [6.45, 7) is 1.65. The van der Waals surface area contributed by atoms with Gasteiger partial charge in [-0.05, 0) is 19.1 Å². The molecule has 5 nitrogen and oxygen atoms in total. The zero-order valence-electron chi connectivity index (χ0n) is 9.50. The first kappa shape index (κ1) is 12.6. The number of aliphatic carboxylic acids is 1. The molecule has 0 aliphatic heterocycles. The minimum Gasteiger partial charge on any atom is -0.481 e. The Kier molecular flexibility index (Phi) is 3.61. The minimum atomic E-state index is -0.939. The van der Waals surface area contributed by atoms with Crippen molar-refractivity contribution in [1.82, 2.24) is 14.8 Å². The van der Waals surface area contributed by atoms with Gasteiger partial charge >= 0.3 is 5.97 Å². The molecule has 0 saturated carbocycles. The van der Waals surface area contributed by atoms with Crippen LogP contribution in [0.1, 0.15) is 5.56 Å². The zero-order valence-corrected chi connectivity index (χ0v) is 10.3. The molecule has 0 atom stereocenters. The molecule has 94 valence electrons. The van der Waals surface area contributed by atoms with Crippen LogP contribution in [0, 0.1) is 12.7 Å². The lowest BCUT2D eigenvalue weighted by molar-refractivity contribution is -0.133. The predicted molar refractivity (Wildman–Crippen MR) is 64.4 cm³/mol. The molecule has 0 aliphatic carbocycles. The van der Waals surface area contributed by atoms with Crippen molar-refractivity contribution in [2.45, 2.75) is 12.1 Å². The molecule has 1 aromatic heterocycles. The maximum atomic E-state index is 13.5. The highest BCUT2D eigenvalue weighted by Gasteiger charge is 2.12. The van der Waals surface area contributed by atoms with Crippen LogP contribution in [0.15, 0.2) is 29.7 Å². The summed E-state index contributed by atoms with van der Waals surface area (Å²) < 4.78 is 15.0. The molecule has 0 unspecified atom stereocenters. The SMILES string of the molecule is Cc1c(F)cccc1-n1cnnc1SCC(=O)O. The quantitative estimate of drug-likeness (QED) is 0.857. The Balaban J connectivity index is 2.36. The van der Waals surface area contributed by atoms with E-state index >= 15 is 0 Å². The number of nitrogens with zero attached hydrogens (tertiary/aromatic N) is 3. The van der Waals surface area contributed by atoms with Crippen molar-refractivity contribution in [3.63, 3.8) is 0 Å². The van der Waals surface area contributed by atoms with Gasteiger partial charge in [0.25, 0.3) is 0 Å². The van der Waals surface area contributed by atoms with Crippen LogP contribution in [-0.2, 0) is 4.79 Å². The third kappa shape index (κ3) is 2.51. The van der Waals surface area contributed by atoms with E-state index in [1.54, 1.807) is 23.6 Å². The summed E-state index contributed by atoms with van der Waals surface area (Å²) in [5.41, 5.74) is 1.07. The smallest absolute Gasteiger partial charge is 0.313 e. The summed E-state index contributed by atoms with van der Waals surface area (Å²) in [5.74, 6) is -1.38. The third-order valence-corrected chi connectivity index (χ3v) is 3.27. The molecular weight excluding hydrogens is 257 g/mol. The van der Waals surface area contributed by atoms with Crippen LogP contribution < -0.4 is 0 Å². The second kappa shape index (κ2) is 5.18. The van der Waals surface area contributed by atoms with Gasteiger partial charge in [-0.25, -0.2) is 4.39 Å². The summed E-state index contributed by atoms with van der Waals surface area (Å²) in [6, 6.07) is 4.68. The Hall–Kier alpha value is -1.89. The van der Waals surface area contributed by atoms with E-state index in [2.05, 4.69) is 10.2 Å². The average molecular weight is 267 g/mol. The first-order valence-corrected chi connectivity index (χ1v) is 6.08. The molecule has 0 aliphatic rings. The molecule has 0 spiro atoms. The second-order valence-electron chi connectivity index (χ2n) is 3.55. The third-order valence-electron chi connectivity index (χ3n) is 2.34. The Labute approximate surface area is 107 Å². The highest BCUT2D eigenvalue weighted by atomic mass is 32.2. The molecule has 0 saturated heterocycles. The van der Waals surface area contributed by atoms with Gasteiger partial charge in [-0.1, -0.05) is 17.8 Å². The maximum absolute atomic E-state index is 13.5. The monoisotopic (exact) mass is 267 g/mol. The highest BCUT2D eigenvalue weighted by Crippen LogP contribution is 2.22. The van der Waals surface area contributed by atoms with Crippen molar-refractivity contribution in [2.75, 3.05) is 5.75 Å². The second-order valence-corrected chi connectivity index (χ2v) is 4.49. The zero-order chi connectivity index (χ0) is 13.1. The van der Waals surface area contributed by atoms with E-state index in [0.717, 1.165) is 11.8 Å². The summed E-state index contributed by atoms with van der Waals surface area (Å²) in [6.07, 6.45) is 1.44. The van der Waals surface area contributed by atoms with Gasteiger partial charge in [-0.15, -0.1) is 10.2 Å². The fourth-order valence-electron chi connectivity index (χ4n) is 1.47. The van der Waals surface area contributed by atoms with Gasteiger partial charge in [-0.3, -0.25) is 9.36 Å². The highest BCUT2D eigenvalue weighted by molar-refractivity contribution is 7.99. The van der Waals surface area contributed by atoms with Crippen molar-refractivity contribution < 1.29 is 14.3 Å². The van der Waals surface area contributed by atoms with Crippen molar-refractivity contribution in [3.8, 4) is 5.69 Å². The minimum absolute atomic E-state index is 0.118. The molecule has 0 fully saturated rings. The van der Waals surface area contributed by atoms with Crippen LogP contribution >= 0.6 is 11.8 Å². The molecule has 0 amide bonds. The van der Waals surface area contributed by atoms with E-state index in [1.807, 2.05) is 0 Å². The van der Waals surface area contributed by atoms with Crippen LogP contribution in [-0.4, -0.2) is 31.6 Å². The number of hydrogen-bond donors (Lipinski definition) is 1. The molecule has 7 heteroatoms. The van der Waals surface area contributed by atoms with E-state index in [-0.39, 0.29) is 11.6 Å². The van der Waals surface area contributed by atoms with Crippen LogP contribution in [0.3, 0.4) is 0 Å². The molecule has 18 heavy (non-hydrogen) atoms. The molecule has 1 aromatic carbocycles. The standard InChI is InChI=1S/C11H10FN3O2S/c1-7-8(12)3-2-4-9(7)15-6-13-14-11(15)18-5-10(16)17/h2-4,6H,5H2,1H3,(H,16,17). The maximum Gasteiger partial charge on any atom is 0.313 e. The normalized spacial score (nSPS) is 10.6. The van der Waals surface area contributed by atoms with Gasteiger partial charge in [0.1, 0.15) is 12.1 Å². The number of aromatic nitrogens is 3. The molecule has 1 N–H and O–H groups in total. The van der Waals surface area contributed by atoms with Gasteiger partial charge < -0.3 is 5.11 Å². The molecular formula is C11H10FN3O2S. The summed E-state index contributed by atoms with van der Waals surface area (Å²) in [5, 5.41) is 16.6. The average Bonchev–Trinajstić information content (AvgIpc) is 2.78. The Morgan fingerprint density at radius 3 is 3.06 bits per heavy atom. The number of halogens is 1. The number of carbonyl (C=O) groups is 1. The van der Waals surface area contributed by atoms with Gasteiger partial charge in [0.05, 0.1) is 11.4 Å². The van der Waals surface area contributed by atoms with Gasteiger partial charge in [0.2, 0.25) is 0 Å². The molecule has 1 heterocycles. The number of carboxylic acid groups (broad SMARTS) is 1. The van der Waals surface area contributed by atoms with Crippen LogP contribution in [0.4, 0.5) is 4.39 Å². The lowest BCUT2D eigenvalue weighted by Crippen LogP contribution is -2.03. The van der Waals surface area contributed by atoms with Gasteiger partial charge in [0, 0.05) is 5.56 Å². The first-order chi connectivity index (χ1) is 8.59. The lowest BCUT2D eigenvalue weighted by Gasteiger charge is -2.09. The summed E-state index contributed by atoms with van der Waals surface area (Å²) in [4.78, 5) is 10.5. The van der Waals surface area contributed by atoms with Crippen LogP contribution in [0.2, 0.25) is 0 Å². The van der Waals surface area contributed by atoms with E-state index in [1.165, 1.54) is 12.4 Å². The molecule has 2 aromatic rings. The number of hydrogen-bond acceptors (Lipinski definition) is 4. The van der Waals surface area contributed by atoms with Crippen molar-refractivity contribution in [3.05, 3.63) is 35.9 Å². The van der Waals surface area contributed by atoms with E-state index in [9.17, 15) is 9.18 Å². The van der Waals surface area contributed by atoms with Crippen LogP contribution in [0.25, 0.3) is 5.69 Å². The van der Waals surface area contributed by atoms with E-state index in [4.69, 9.17) is 5.11 Å². The summed E-state index contributed by atoms with van der Waals surface area (Å²) in [7, 11) is 0. The number of rotatable bonds is 4. The first-order valence-electron chi connectivity index (χ1n) is 5.09. The van der Waals surface area contributed by atoms with E-state index in [0.29, 0.717) is 16.4 Å². The molecule has 0 radical (unpaired) electrons. The molecule has 2 rings (SSSR count). The van der Waals surface area contributed by atoms with Crippen molar-refractivity contribution in [1.29, 1.82) is 0 Å². The van der Waals surface area contributed by atoms with Crippen LogP contribution in [0.5, 0.6) is 0 Å². The van der Waals surface area contributed by atoms with Gasteiger partial charge in [0.15, 0.2) is 5.16 Å². The Morgan fingerprint density at radius 2 is 2.33 bits per heavy atom. The fraction of sp³-hybridized carbons (Fsp3) is 0.182. The van der Waals surface area contributed by atoms with Crippen molar-refractivity contribution in [2.24, 2.45) is 0 Å².